The molecule has 0 saturated heterocycles. The average molecular weight is 286 g/mol. The Kier molecular flexibility index (Phi) is 4.33. The van der Waals surface area contributed by atoms with Crippen molar-refractivity contribution >= 4 is 5.91 Å². The number of aromatic nitrogens is 2. The Morgan fingerprint density at radius 3 is 2.81 bits per heavy atom. The number of aryl methyl sites for hydroxylation is 2. The van der Waals surface area contributed by atoms with Crippen LogP contribution < -0.4 is 5.32 Å². The summed E-state index contributed by atoms with van der Waals surface area (Å²) in [5.74, 6) is -0.818. The maximum absolute atomic E-state index is 13.7. The Morgan fingerprint density at radius 1 is 1.48 bits per heavy atom. The molecule has 0 atom stereocenters. The van der Waals surface area contributed by atoms with Crippen molar-refractivity contribution in [3.63, 3.8) is 0 Å². The van der Waals surface area contributed by atoms with Crippen molar-refractivity contribution in [3.05, 3.63) is 52.6 Å². The smallest absolute Gasteiger partial charge is 0.269 e. The van der Waals surface area contributed by atoms with Crippen LogP contribution in [-0.2, 0) is 20.0 Å². The molecular weight excluding hydrogens is 271 g/mol. The first kappa shape index (κ1) is 14.7. The van der Waals surface area contributed by atoms with E-state index in [0.29, 0.717) is 11.3 Å². The van der Waals surface area contributed by atoms with Gasteiger partial charge in [0.15, 0.2) is 0 Å². The Labute approximate surface area is 122 Å². The van der Waals surface area contributed by atoms with Gasteiger partial charge in [0.2, 0.25) is 0 Å². The largest absolute Gasteiger partial charge is 0.347 e. The van der Waals surface area contributed by atoms with Crippen LogP contribution in [0.25, 0.3) is 0 Å². The lowest BCUT2D eigenvalue weighted by Gasteiger charge is -2.06. The van der Waals surface area contributed by atoms with Gasteiger partial charge in [-0.15, -0.1) is 0 Å². The summed E-state index contributed by atoms with van der Waals surface area (Å²) in [7, 11) is 1.69. The van der Waals surface area contributed by atoms with E-state index in [4.69, 9.17) is 5.26 Å². The number of carbonyl (C=O) groups is 1. The molecule has 0 fully saturated rings. The van der Waals surface area contributed by atoms with Crippen molar-refractivity contribution in [2.75, 3.05) is 0 Å². The van der Waals surface area contributed by atoms with E-state index in [-0.39, 0.29) is 18.0 Å². The quantitative estimate of drug-likeness (QED) is 0.933. The number of nitriles is 1. The van der Waals surface area contributed by atoms with Gasteiger partial charge >= 0.3 is 0 Å². The number of rotatable bonds is 4. The number of hydrogen-bond acceptors (Lipinski definition) is 3. The molecule has 0 saturated carbocycles. The van der Waals surface area contributed by atoms with Gasteiger partial charge in [0.1, 0.15) is 11.5 Å². The Balaban J connectivity index is 2.07. The van der Waals surface area contributed by atoms with Crippen LogP contribution >= 0.6 is 0 Å². The number of halogens is 1. The molecule has 108 valence electrons. The average Bonchev–Trinajstić information content (AvgIpc) is 2.86. The summed E-state index contributed by atoms with van der Waals surface area (Å²) < 4.78 is 15.2. The van der Waals surface area contributed by atoms with Crippen LogP contribution in [0.3, 0.4) is 0 Å². The van der Waals surface area contributed by atoms with E-state index < -0.39 is 5.82 Å². The molecule has 1 heterocycles. The maximum Gasteiger partial charge on any atom is 0.269 e. The Bertz CT molecular complexity index is 715. The third-order valence-electron chi connectivity index (χ3n) is 3.15. The van der Waals surface area contributed by atoms with Crippen LogP contribution in [0.15, 0.2) is 24.3 Å². The molecule has 0 radical (unpaired) electrons. The zero-order valence-electron chi connectivity index (χ0n) is 11.9. The molecule has 2 rings (SSSR count). The van der Waals surface area contributed by atoms with Gasteiger partial charge in [0.25, 0.3) is 5.91 Å². The summed E-state index contributed by atoms with van der Waals surface area (Å²) in [6.07, 6.45) is 0.741. The van der Waals surface area contributed by atoms with Crippen LogP contribution in [0.2, 0.25) is 0 Å². The highest BCUT2D eigenvalue weighted by Crippen LogP contribution is 2.10. The monoisotopic (exact) mass is 286 g/mol. The summed E-state index contributed by atoms with van der Waals surface area (Å²) in [5.41, 5.74) is 1.84. The molecule has 0 aliphatic heterocycles. The van der Waals surface area contributed by atoms with Crippen molar-refractivity contribution < 1.29 is 9.18 Å². The molecule has 6 heteroatoms. The molecule has 2 aromatic rings. The fourth-order valence-electron chi connectivity index (χ4n) is 1.94. The first-order valence-corrected chi connectivity index (χ1v) is 6.54. The van der Waals surface area contributed by atoms with Crippen LogP contribution in [0.1, 0.15) is 34.2 Å². The molecule has 0 aliphatic rings. The van der Waals surface area contributed by atoms with Crippen molar-refractivity contribution in [1.29, 1.82) is 5.26 Å². The van der Waals surface area contributed by atoms with E-state index in [1.807, 2.05) is 13.0 Å². The van der Waals surface area contributed by atoms with Gasteiger partial charge in [0.05, 0.1) is 17.3 Å². The minimum Gasteiger partial charge on any atom is -0.347 e. The van der Waals surface area contributed by atoms with Crippen molar-refractivity contribution in [1.82, 2.24) is 15.1 Å². The fourth-order valence-corrected chi connectivity index (χ4v) is 1.94. The minimum absolute atomic E-state index is 0.0585. The van der Waals surface area contributed by atoms with Gasteiger partial charge in [-0.2, -0.15) is 10.4 Å². The highest BCUT2D eigenvalue weighted by Gasteiger charge is 2.13. The number of nitrogens with zero attached hydrogens (tertiary/aromatic N) is 3. The van der Waals surface area contributed by atoms with E-state index in [9.17, 15) is 9.18 Å². The third kappa shape index (κ3) is 3.26. The van der Waals surface area contributed by atoms with Gasteiger partial charge in [-0.25, -0.2) is 4.39 Å². The number of carbonyl (C=O) groups excluding carboxylic acids is 1. The molecule has 0 unspecified atom stereocenters. The molecule has 5 nitrogen and oxygen atoms in total. The second kappa shape index (κ2) is 6.18. The fraction of sp³-hybridized carbons (Fsp3) is 0.267. The summed E-state index contributed by atoms with van der Waals surface area (Å²) in [4.78, 5) is 12.1. The van der Waals surface area contributed by atoms with Crippen LogP contribution in [0.5, 0.6) is 0 Å². The summed E-state index contributed by atoms with van der Waals surface area (Å²) in [5, 5.41) is 15.5. The second-order valence-corrected chi connectivity index (χ2v) is 4.60. The Morgan fingerprint density at radius 2 is 2.24 bits per heavy atom. The van der Waals surface area contributed by atoms with E-state index in [0.717, 1.165) is 18.2 Å². The van der Waals surface area contributed by atoms with Gasteiger partial charge in [-0.1, -0.05) is 13.0 Å². The van der Waals surface area contributed by atoms with Crippen molar-refractivity contribution in [3.8, 4) is 6.07 Å². The van der Waals surface area contributed by atoms with E-state index in [2.05, 4.69) is 10.4 Å². The maximum atomic E-state index is 13.7. The molecule has 1 aromatic heterocycles. The van der Waals surface area contributed by atoms with Crippen molar-refractivity contribution in [2.45, 2.75) is 19.9 Å². The summed E-state index contributed by atoms with van der Waals surface area (Å²) in [6.45, 7) is 2.01. The lowest BCUT2D eigenvalue weighted by Crippen LogP contribution is -2.25. The Hall–Kier alpha value is -2.68. The van der Waals surface area contributed by atoms with E-state index in [1.165, 1.54) is 16.8 Å². The molecule has 0 spiro atoms. The topological polar surface area (TPSA) is 70.7 Å². The van der Waals surface area contributed by atoms with Gasteiger partial charge in [0, 0.05) is 19.2 Å². The van der Waals surface area contributed by atoms with Crippen LogP contribution in [-0.4, -0.2) is 15.7 Å². The van der Waals surface area contributed by atoms with Gasteiger partial charge < -0.3 is 5.32 Å². The minimum atomic E-state index is -0.506. The highest BCUT2D eigenvalue weighted by molar-refractivity contribution is 5.92. The third-order valence-corrected chi connectivity index (χ3v) is 3.15. The molecule has 0 aliphatic carbocycles. The van der Waals surface area contributed by atoms with Crippen molar-refractivity contribution in [2.24, 2.45) is 7.05 Å². The van der Waals surface area contributed by atoms with Gasteiger partial charge in [-0.05, 0) is 24.6 Å². The number of benzene rings is 1. The molecule has 1 aromatic carbocycles. The van der Waals surface area contributed by atoms with Gasteiger partial charge in [-0.3, -0.25) is 9.48 Å². The number of amides is 1. The predicted molar refractivity (Wildman–Crippen MR) is 74.9 cm³/mol. The first-order chi connectivity index (χ1) is 10.0. The molecule has 1 amide bonds. The first-order valence-electron chi connectivity index (χ1n) is 6.54. The normalized spacial score (nSPS) is 10.2. The molecule has 21 heavy (non-hydrogen) atoms. The lowest BCUT2D eigenvalue weighted by atomic mass is 10.1. The highest BCUT2D eigenvalue weighted by atomic mass is 19.1. The molecule has 0 bridgehead atoms. The van der Waals surface area contributed by atoms with E-state index in [1.54, 1.807) is 13.1 Å². The zero-order valence-corrected chi connectivity index (χ0v) is 11.9. The summed E-state index contributed by atoms with van der Waals surface area (Å²) in [6, 6.07) is 7.74. The molecular formula is C15H15FN4O. The zero-order chi connectivity index (χ0) is 15.4. The SMILES string of the molecule is CCc1cc(C(=O)NCc2ccc(C#N)cc2F)n(C)n1. The lowest BCUT2D eigenvalue weighted by molar-refractivity contribution is 0.0941. The summed E-state index contributed by atoms with van der Waals surface area (Å²) >= 11 is 0. The predicted octanol–water partition coefficient (Wildman–Crippen LogP) is 1.92. The standard InChI is InChI=1S/C15H15FN4O/c1-3-12-7-14(20(2)19-12)15(21)18-9-11-5-4-10(8-17)6-13(11)16/h4-7H,3,9H2,1-2H3,(H,18,21). The van der Waals surface area contributed by atoms with Crippen LogP contribution in [0.4, 0.5) is 4.39 Å². The number of nitrogens with one attached hydrogen (secondary N) is 1. The molecule has 1 N–H and O–H groups in total. The van der Waals surface area contributed by atoms with Crippen LogP contribution in [0, 0.1) is 17.1 Å². The number of hydrogen-bond donors (Lipinski definition) is 1. The second-order valence-electron chi connectivity index (χ2n) is 4.60. The van der Waals surface area contributed by atoms with E-state index >= 15 is 0 Å².